The van der Waals surface area contributed by atoms with Crippen LogP contribution >= 0.6 is 12.6 Å². The van der Waals surface area contributed by atoms with E-state index < -0.39 is 291 Å². The number of carbonyl (C=O) groups excluding carboxylic acids is 19. The van der Waals surface area contributed by atoms with Gasteiger partial charge in [0.25, 0.3) is 0 Å². The summed E-state index contributed by atoms with van der Waals surface area (Å²) in [5.41, 5.74) is 18.7. The molecule has 0 unspecified atom stereocenters. The number of nitrogens with two attached hydrogens (primary N) is 3. The maximum Gasteiger partial charge on any atom is 0.303 e. The third-order valence-electron chi connectivity index (χ3n) is 22.9. The van der Waals surface area contributed by atoms with Crippen LogP contribution in [0.4, 0.5) is 0 Å². The summed E-state index contributed by atoms with van der Waals surface area (Å²) in [6.45, 7) is 5.63. The fourth-order valence-corrected chi connectivity index (χ4v) is 15.8. The number of hydrogen-bond donors (Lipinski definition) is 26. The molecule has 48 nitrogen and oxygen atoms in total. The maximum atomic E-state index is 15.5. The number of phenolic OH excluding ortho intramolecular Hbond substituents is 1. The van der Waals surface area contributed by atoms with Crippen LogP contribution in [0.2, 0.25) is 0 Å². The highest BCUT2D eigenvalue weighted by Crippen LogP contribution is 2.27. The van der Waals surface area contributed by atoms with Crippen LogP contribution in [-0.2, 0) is 120 Å². The number of nitrogens with zero attached hydrogens (tertiary/aromatic N) is 2. The van der Waals surface area contributed by atoms with Gasteiger partial charge in [-0.25, -0.2) is 0 Å². The third kappa shape index (κ3) is 36.5. The van der Waals surface area contributed by atoms with Crippen molar-refractivity contribution >= 4 is 154 Å². The van der Waals surface area contributed by atoms with Crippen molar-refractivity contribution in [1.29, 1.82) is 5.41 Å². The number of phenols is 1. The van der Waals surface area contributed by atoms with Crippen molar-refractivity contribution in [2.24, 2.45) is 35.0 Å². The lowest BCUT2D eigenvalue weighted by atomic mass is 9.98. The van der Waals surface area contributed by atoms with E-state index in [4.69, 9.17) is 22.6 Å². The number of nitrogens with one attached hydrogen (secondary N) is 19. The molecule has 3 fully saturated rings. The Hall–Kier alpha value is -14.5. The first-order valence-corrected chi connectivity index (χ1v) is 46.3. The fraction of sp³-hybridized carbons (Fsp3) is 0.533. The molecule has 14 atom stereocenters. The summed E-state index contributed by atoms with van der Waals surface area (Å²) in [4.78, 5) is 302. The molecule has 0 radical (unpaired) electrons. The summed E-state index contributed by atoms with van der Waals surface area (Å²) in [5.74, 6) is -24.7. The molecule has 0 aliphatic carbocycles. The van der Waals surface area contributed by atoms with Gasteiger partial charge >= 0.3 is 11.9 Å². The van der Waals surface area contributed by atoms with Gasteiger partial charge in [0.1, 0.15) is 84.3 Å². The molecule has 3 aliphatic rings. The van der Waals surface area contributed by atoms with Crippen LogP contribution in [0.3, 0.4) is 0 Å². The van der Waals surface area contributed by atoms with E-state index in [1.165, 1.54) is 34.1 Å². The van der Waals surface area contributed by atoms with Crippen molar-refractivity contribution in [2.75, 3.05) is 58.1 Å². The Morgan fingerprint density at radius 1 is 0.525 bits per heavy atom. The van der Waals surface area contributed by atoms with Crippen LogP contribution in [-0.4, -0.2) is 303 Å². The number of thiol groups is 1. The van der Waals surface area contributed by atoms with Gasteiger partial charge in [-0.1, -0.05) is 102 Å². The predicted octanol–water partition coefficient (Wildman–Crippen LogP) is -6.32. The van der Waals surface area contributed by atoms with Gasteiger partial charge in [-0.15, -0.1) is 0 Å². The molecule has 0 spiro atoms. The SMILES string of the molecule is CC(C)C[C@H](NC(=O)[C@@H]1CNC(=O)C[C@H](NC(=O)[C@H](Cc2ccccc2)NC(=O)[C@H](CCCNC(=N)N)NC(=O)[C@H](Cc2c[nH]c3ccccc23)NC(=O)[C@@H](N)CCC(=O)O)C(=O)NCC(=O)NCC(=O)NCC(=O)N2CCC[C@@H]2C(=O)N2CCC[C@H]2C(=O)N[C@@H](CCC(=O)O)C(=O)N1)C(=O)N[C@@H](Cc1ccc(O)cc1)C(=O)N[C@@H](CC(C)C)C(=O)N[C@H](C(=O)N[C@@H](CS)C(=O)NCC(N)=O)C(C)C. The number of aromatic amines is 1. The molecule has 139 heavy (non-hydrogen) atoms. The van der Waals surface area contributed by atoms with E-state index in [2.05, 4.69) is 108 Å². The summed E-state index contributed by atoms with van der Waals surface area (Å²) in [5, 5.41) is 80.7. The zero-order chi connectivity index (χ0) is 102. The second kappa shape index (κ2) is 55.0. The van der Waals surface area contributed by atoms with Crippen molar-refractivity contribution in [3.05, 3.63) is 102 Å². The number of hydrogen-bond acceptors (Lipinski definition) is 25. The number of carbonyl (C=O) groups is 21. The lowest BCUT2D eigenvalue weighted by molar-refractivity contribution is -0.147. The molecule has 4 aromatic rings. The number of fused-ring (bicyclic) bond motifs is 3. The Morgan fingerprint density at radius 2 is 1.06 bits per heavy atom. The minimum absolute atomic E-state index is 0.0161. The quantitative estimate of drug-likeness (QED) is 0.00848. The van der Waals surface area contributed by atoms with Crippen LogP contribution in [0.1, 0.15) is 142 Å². The number of guanidine groups is 1. The van der Waals surface area contributed by atoms with Crippen LogP contribution in [0.15, 0.2) is 85.1 Å². The lowest BCUT2D eigenvalue weighted by Gasteiger charge is -2.32. The Kier molecular flexibility index (Phi) is 44.1. The number of aromatic nitrogens is 1. The molecule has 3 saturated heterocycles. The van der Waals surface area contributed by atoms with Crippen molar-refractivity contribution in [3.63, 3.8) is 0 Å². The summed E-state index contributed by atoms with van der Waals surface area (Å²) >= 11 is 4.17. The van der Waals surface area contributed by atoms with E-state index in [0.29, 0.717) is 34.0 Å². The largest absolute Gasteiger partial charge is 0.508 e. The van der Waals surface area contributed by atoms with E-state index >= 15 is 28.8 Å². The van der Waals surface area contributed by atoms with E-state index in [1.54, 1.807) is 102 Å². The van der Waals surface area contributed by atoms with Gasteiger partial charge in [0.15, 0.2) is 5.96 Å². The molecular formula is C90H128N24O24S. The third-order valence-corrected chi connectivity index (χ3v) is 23.3. The number of para-hydroxylation sites is 1. The number of primary amides is 1. The normalized spacial score (nSPS) is 19.0. The molecule has 49 heteroatoms. The minimum atomic E-state index is -2.15. The van der Waals surface area contributed by atoms with E-state index in [9.17, 15) is 87.2 Å². The summed E-state index contributed by atoms with van der Waals surface area (Å²) in [6.07, 6.45) is -3.18. The summed E-state index contributed by atoms with van der Waals surface area (Å²) in [6, 6.07) is -2.55. The van der Waals surface area contributed by atoms with Gasteiger partial charge in [-0.3, -0.25) is 106 Å². The molecule has 19 amide bonds. The number of H-pyrrole nitrogens is 1. The first-order valence-electron chi connectivity index (χ1n) is 45.7. The number of amides is 19. The number of carboxylic acid groups (broad SMARTS) is 2. The highest BCUT2D eigenvalue weighted by molar-refractivity contribution is 7.80. The molecule has 0 bridgehead atoms. The first-order chi connectivity index (χ1) is 65.9. The molecule has 3 aromatic carbocycles. The Labute approximate surface area is 805 Å². The van der Waals surface area contributed by atoms with Crippen molar-refractivity contribution in [1.82, 2.24) is 105 Å². The number of aromatic hydroxyl groups is 1. The zero-order valence-electron chi connectivity index (χ0n) is 78.1. The molecule has 0 saturated carbocycles. The minimum Gasteiger partial charge on any atom is -0.508 e. The summed E-state index contributed by atoms with van der Waals surface area (Å²) < 4.78 is 0. The molecule has 4 heterocycles. The van der Waals surface area contributed by atoms with Crippen molar-refractivity contribution < 1.29 is 116 Å². The lowest BCUT2D eigenvalue weighted by Crippen LogP contribution is -2.62. The average molecular weight is 1960 g/mol. The van der Waals surface area contributed by atoms with E-state index in [0.717, 1.165) is 0 Å². The second-order valence-electron chi connectivity index (χ2n) is 35.3. The van der Waals surface area contributed by atoms with Crippen molar-refractivity contribution in [3.8, 4) is 5.75 Å². The topological polar surface area (TPSA) is 748 Å². The smallest absolute Gasteiger partial charge is 0.303 e. The Bertz CT molecular complexity index is 5080. The maximum absolute atomic E-state index is 15.5. The zero-order valence-corrected chi connectivity index (χ0v) is 79.0. The van der Waals surface area contributed by atoms with Gasteiger partial charge in [0.05, 0.1) is 38.6 Å². The fourth-order valence-electron chi connectivity index (χ4n) is 15.6. The Balaban J connectivity index is 1.27. The molecule has 758 valence electrons. The molecule has 7 rings (SSSR count). The standard InChI is InChI=1S/C90H128N24O24S/c1-46(2)33-58(81(130)108-61(36-50-22-24-52(115)25-23-50)82(131)105-59(34-47(3)4)85(134)112-75(48(5)6)88(137)111-65(45-139)78(127)100-41-68(92)116)106-86(135)64-40-97-69(117)38-63(77(126)101-43-71(119)98-42-70(118)99-44-72(120)113-31-14-21-67(113)89(138)114-32-13-20-66(114)87(136)103-57(80(129)110-64)27-29-74(123)124)109-83(132)60(35-49-15-8-7-9-16-49)107-79(128)56(19-12-30-95-90(93)94)102-84(133)62(104-76(125)54(91)26-28-73(121)122)37-51-39-96-55-18-11-10-17-53(51)55/h7-11,15-18,22-25,39,46-48,54,56-67,75,96,115,139H,12-14,19-21,26-38,40-45,91H2,1-6H3,(H2,92,116)(H,97,117)(H,98,119)(H,99,118)(H,100,127)(H,101,126)(H,102,133)(H,103,136)(H,104,125)(H,105,131)(H,106,135)(H,107,128)(H,108,130)(H,109,132)(H,110,129)(H,111,137)(H,112,134)(H,121,122)(H,123,124)(H4,93,94,95)/t54-,56-,57-,58-,59-,60-,61-,62-,63-,64-,65-,66-,67+,75-/m0/s1. The molecule has 1 aromatic heterocycles. The molecule has 28 N–H and O–H groups in total. The van der Waals surface area contributed by atoms with Gasteiger partial charge in [0.2, 0.25) is 112 Å². The van der Waals surface area contributed by atoms with Crippen molar-refractivity contribution in [2.45, 2.75) is 229 Å². The highest BCUT2D eigenvalue weighted by Gasteiger charge is 2.45. The number of aliphatic carboxylic acids is 2. The monoisotopic (exact) mass is 1960 g/mol. The second-order valence-corrected chi connectivity index (χ2v) is 35.6. The molecule has 3 aliphatic heterocycles. The number of rotatable bonds is 43. The van der Waals surface area contributed by atoms with Crippen LogP contribution < -0.4 is 108 Å². The van der Waals surface area contributed by atoms with Crippen LogP contribution in [0.25, 0.3) is 10.9 Å². The molecular weight excluding hydrogens is 1830 g/mol. The van der Waals surface area contributed by atoms with E-state index in [1.807, 2.05) is 0 Å². The highest BCUT2D eigenvalue weighted by atomic mass is 32.1. The number of benzene rings is 3. The Morgan fingerprint density at radius 3 is 1.68 bits per heavy atom. The van der Waals surface area contributed by atoms with Gasteiger partial charge in [0, 0.05) is 81.1 Å². The first kappa shape index (κ1) is 111. The average Bonchev–Trinajstić information content (AvgIpc) is 1.66. The van der Waals surface area contributed by atoms with Gasteiger partial charge in [-0.05, 0) is 117 Å². The number of carboxylic acids is 2. The van der Waals surface area contributed by atoms with Gasteiger partial charge in [-0.2, -0.15) is 12.6 Å². The van der Waals surface area contributed by atoms with E-state index in [-0.39, 0.29) is 101 Å². The van der Waals surface area contributed by atoms with Crippen LogP contribution in [0, 0.1) is 23.2 Å². The van der Waals surface area contributed by atoms with Gasteiger partial charge < -0.3 is 138 Å². The predicted molar refractivity (Wildman–Crippen MR) is 502 cm³/mol. The summed E-state index contributed by atoms with van der Waals surface area (Å²) in [7, 11) is 0. The van der Waals surface area contributed by atoms with Crippen LogP contribution in [0.5, 0.6) is 5.75 Å².